The van der Waals surface area contributed by atoms with Gasteiger partial charge in [0.25, 0.3) is 10.0 Å². The Kier molecular flexibility index (Phi) is 9.34. The van der Waals surface area contributed by atoms with Crippen LogP contribution in [-0.2, 0) is 20.6 Å². The van der Waals surface area contributed by atoms with E-state index >= 15 is 0 Å². The zero-order chi connectivity index (χ0) is 25.4. The number of aryl methyl sites for hydroxylation is 2. The van der Waals surface area contributed by atoms with Crippen molar-refractivity contribution >= 4 is 33.4 Å². The number of thioether (sulfide) groups is 1. The first-order valence-corrected chi connectivity index (χ1v) is 14.0. The molecule has 0 atom stereocenters. The minimum absolute atomic E-state index is 0.147. The number of rotatable bonds is 11. The summed E-state index contributed by atoms with van der Waals surface area (Å²) in [5.74, 6) is 0.981. The Morgan fingerprint density at radius 2 is 1.66 bits per heavy atom. The second-order valence-corrected chi connectivity index (χ2v) is 11.4. The van der Waals surface area contributed by atoms with Gasteiger partial charge in [-0.2, -0.15) is 11.8 Å². The highest BCUT2D eigenvalue weighted by molar-refractivity contribution is 7.98. The third-order valence-corrected chi connectivity index (χ3v) is 8.60. The Morgan fingerprint density at radius 3 is 2.34 bits per heavy atom. The van der Waals surface area contributed by atoms with Crippen LogP contribution < -0.4 is 9.62 Å². The van der Waals surface area contributed by atoms with Crippen molar-refractivity contribution in [2.24, 2.45) is 0 Å². The molecule has 186 valence electrons. The first-order valence-electron chi connectivity index (χ1n) is 11.4. The summed E-state index contributed by atoms with van der Waals surface area (Å²) in [5.41, 5.74) is 4.26. The van der Waals surface area contributed by atoms with Crippen LogP contribution in [0.3, 0.4) is 0 Å². The first kappa shape index (κ1) is 26.8. The maximum Gasteiger partial charge on any atom is 0.264 e. The predicted octanol–water partition coefficient (Wildman–Crippen LogP) is 5.39. The van der Waals surface area contributed by atoms with Crippen LogP contribution >= 0.6 is 11.8 Å². The molecule has 5 nitrogen and oxygen atoms in total. The minimum atomic E-state index is -3.94. The van der Waals surface area contributed by atoms with Crippen molar-refractivity contribution in [1.82, 2.24) is 5.32 Å². The number of nitrogens with one attached hydrogen (secondary N) is 1. The molecule has 3 aromatic rings. The van der Waals surface area contributed by atoms with Gasteiger partial charge in [0.05, 0.1) is 10.6 Å². The normalized spacial score (nSPS) is 11.3. The average molecular weight is 515 g/mol. The zero-order valence-electron chi connectivity index (χ0n) is 20.3. The van der Waals surface area contributed by atoms with E-state index in [9.17, 15) is 17.6 Å². The lowest BCUT2D eigenvalue weighted by atomic mass is 10.1. The summed E-state index contributed by atoms with van der Waals surface area (Å²) in [5, 5.41) is 2.85. The van der Waals surface area contributed by atoms with Gasteiger partial charge in [0.15, 0.2) is 0 Å². The van der Waals surface area contributed by atoms with Crippen molar-refractivity contribution in [3.8, 4) is 0 Å². The second kappa shape index (κ2) is 12.2. The van der Waals surface area contributed by atoms with Crippen molar-refractivity contribution < 1.29 is 17.6 Å². The lowest BCUT2D eigenvalue weighted by Gasteiger charge is -2.26. The number of sulfonamides is 1. The van der Waals surface area contributed by atoms with E-state index in [0.29, 0.717) is 12.2 Å². The fourth-order valence-corrected chi connectivity index (χ4v) is 5.90. The number of nitrogens with zero attached hydrogens (tertiary/aromatic N) is 1. The van der Waals surface area contributed by atoms with Gasteiger partial charge in [0, 0.05) is 12.3 Å². The number of carbonyl (C=O) groups is 1. The van der Waals surface area contributed by atoms with Crippen LogP contribution in [0, 0.1) is 26.6 Å². The number of benzene rings is 3. The number of anilines is 1. The molecule has 0 saturated heterocycles. The van der Waals surface area contributed by atoms with Gasteiger partial charge in [-0.05, 0) is 80.0 Å². The first-order chi connectivity index (χ1) is 16.7. The molecule has 0 aliphatic heterocycles. The van der Waals surface area contributed by atoms with Gasteiger partial charge in [-0.3, -0.25) is 9.10 Å². The summed E-state index contributed by atoms with van der Waals surface area (Å²) in [6.07, 6.45) is 0.742. The van der Waals surface area contributed by atoms with Crippen molar-refractivity contribution in [2.75, 3.05) is 23.1 Å². The molecule has 0 aliphatic carbocycles. The fraction of sp³-hybridized carbons (Fsp3) is 0.296. The van der Waals surface area contributed by atoms with E-state index in [1.807, 2.05) is 26.8 Å². The molecule has 0 heterocycles. The molecule has 0 aromatic heterocycles. The zero-order valence-corrected chi connectivity index (χ0v) is 21.9. The molecule has 0 radical (unpaired) electrons. The smallest absolute Gasteiger partial charge is 0.264 e. The maximum atomic E-state index is 13.5. The number of halogens is 1. The molecule has 0 fully saturated rings. The van der Waals surface area contributed by atoms with Gasteiger partial charge >= 0.3 is 0 Å². The molecule has 35 heavy (non-hydrogen) atoms. The van der Waals surface area contributed by atoms with Crippen LogP contribution in [-0.4, -0.2) is 33.2 Å². The molecular weight excluding hydrogens is 483 g/mol. The standard InChI is InChI=1S/C27H31FN2O3S2/c1-20-8-14-25(15-9-20)35(32,33)30(26-7-4-6-21(2)22(26)3)18-27(31)29-16-5-17-34-19-23-10-12-24(28)13-11-23/h4,6-15H,5,16-19H2,1-3H3,(H,29,31). The summed E-state index contributed by atoms with van der Waals surface area (Å²) in [7, 11) is -3.94. The third-order valence-electron chi connectivity index (χ3n) is 5.71. The SMILES string of the molecule is Cc1ccc(S(=O)(=O)N(CC(=O)NCCCSCc2ccc(F)cc2)c2cccc(C)c2C)cc1. The van der Waals surface area contributed by atoms with Crippen LogP contribution in [0.4, 0.5) is 10.1 Å². The van der Waals surface area contributed by atoms with Gasteiger partial charge in [-0.15, -0.1) is 0 Å². The molecular formula is C27H31FN2O3S2. The lowest BCUT2D eigenvalue weighted by molar-refractivity contribution is -0.119. The van der Waals surface area contributed by atoms with Crippen molar-refractivity contribution in [3.63, 3.8) is 0 Å². The average Bonchev–Trinajstić information content (AvgIpc) is 2.83. The van der Waals surface area contributed by atoms with Gasteiger partial charge in [-0.1, -0.05) is 42.0 Å². The Morgan fingerprint density at radius 1 is 0.971 bits per heavy atom. The van der Waals surface area contributed by atoms with E-state index in [1.54, 1.807) is 60.3 Å². The predicted molar refractivity (Wildman–Crippen MR) is 142 cm³/mol. The van der Waals surface area contributed by atoms with Crippen LogP contribution in [0.1, 0.15) is 28.7 Å². The summed E-state index contributed by atoms with van der Waals surface area (Å²) < 4.78 is 41.2. The molecule has 1 N–H and O–H groups in total. The van der Waals surface area contributed by atoms with Crippen LogP contribution in [0.2, 0.25) is 0 Å². The highest BCUT2D eigenvalue weighted by atomic mass is 32.2. The highest BCUT2D eigenvalue weighted by Gasteiger charge is 2.28. The van der Waals surface area contributed by atoms with E-state index in [0.717, 1.165) is 40.2 Å². The van der Waals surface area contributed by atoms with E-state index in [1.165, 1.54) is 16.4 Å². The monoisotopic (exact) mass is 514 g/mol. The third kappa shape index (κ3) is 7.32. The van der Waals surface area contributed by atoms with E-state index in [-0.39, 0.29) is 23.2 Å². The van der Waals surface area contributed by atoms with Gasteiger partial charge in [-0.25, -0.2) is 12.8 Å². The molecule has 8 heteroatoms. The molecule has 3 rings (SSSR count). The van der Waals surface area contributed by atoms with E-state index in [4.69, 9.17) is 0 Å². The molecule has 0 unspecified atom stereocenters. The Hall–Kier alpha value is -2.84. The van der Waals surface area contributed by atoms with Crippen molar-refractivity contribution in [3.05, 3.63) is 94.8 Å². The Labute approximate surface area is 211 Å². The molecule has 0 spiro atoms. The number of amides is 1. The molecule has 1 amide bonds. The molecule has 0 saturated carbocycles. The number of hydrogen-bond acceptors (Lipinski definition) is 4. The van der Waals surface area contributed by atoms with Crippen LogP contribution in [0.5, 0.6) is 0 Å². The number of hydrogen-bond donors (Lipinski definition) is 1. The summed E-state index contributed by atoms with van der Waals surface area (Å²) >= 11 is 1.70. The maximum absolute atomic E-state index is 13.5. The van der Waals surface area contributed by atoms with E-state index < -0.39 is 10.0 Å². The topological polar surface area (TPSA) is 66.5 Å². The van der Waals surface area contributed by atoms with E-state index in [2.05, 4.69) is 5.32 Å². The summed E-state index contributed by atoms with van der Waals surface area (Å²) in [6.45, 7) is 5.81. The lowest BCUT2D eigenvalue weighted by Crippen LogP contribution is -2.41. The summed E-state index contributed by atoms with van der Waals surface area (Å²) in [6, 6.07) is 18.5. The van der Waals surface area contributed by atoms with Gasteiger partial charge in [0.1, 0.15) is 12.4 Å². The summed E-state index contributed by atoms with van der Waals surface area (Å²) in [4.78, 5) is 12.9. The van der Waals surface area contributed by atoms with Gasteiger partial charge < -0.3 is 5.32 Å². The number of carbonyl (C=O) groups excluding carboxylic acids is 1. The minimum Gasteiger partial charge on any atom is -0.354 e. The quantitative estimate of drug-likeness (QED) is 0.349. The molecule has 0 bridgehead atoms. The van der Waals surface area contributed by atoms with Gasteiger partial charge in [0.2, 0.25) is 5.91 Å². The largest absolute Gasteiger partial charge is 0.354 e. The fourth-order valence-electron chi connectivity index (χ4n) is 3.50. The van der Waals surface area contributed by atoms with Crippen molar-refractivity contribution in [1.29, 1.82) is 0 Å². The Bertz CT molecular complexity index is 1240. The Balaban J connectivity index is 1.63. The van der Waals surface area contributed by atoms with Crippen molar-refractivity contribution in [2.45, 2.75) is 37.8 Å². The second-order valence-electron chi connectivity index (χ2n) is 8.43. The molecule has 0 aliphatic rings. The molecule has 3 aromatic carbocycles. The van der Waals surface area contributed by atoms with Crippen LogP contribution in [0.15, 0.2) is 71.6 Å². The highest BCUT2D eigenvalue weighted by Crippen LogP contribution is 2.28. The van der Waals surface area contributed by atoms with Crippen LogP contribution in [0.25, 0.3) is 0 Å².